The summed E-state index contributed by atoms with van der Waals surface area (Å²) in [4.78, 5) is 20.1. The fourth-order valence-corrected chi connectivity index (χ4v) is 2.29. The topological polar surface area (TPSA) is 66.9 Å². The van der Waals surface area contributed by atoms with Crippen molar-refractivity contribution in [1.29, 1.82) is 0 Å². The average molecular weight is 376 g/mol. The normalized spacial score (nSPS) is 10.6. The summed E-state index contributed by atoms with van der Waals surface area (Å²) in [6.45, 7) is 1.45. The number of aryl methyl sites for hydroxylation is 1. The Morgan fingerprint density at radius 3 is 1.93 bits per heavy atom. The highest BCUT2D eigenvalue weighted by Gasteiger charge is 2.17. The van der Waals surface area contributed by atoms with E-state index >= 15 is 0 Å². The SMILES string of the molecule is Cc1nc(Nc2c(F)cccc2F)cc(C(=O)Nc2c(F)cccc2F)n1. The number of aromatic nitrogens is 2. The molecule has 0 fully saturated rings. The molecule has 138 valence electrons. The molecule has 0 aliphatic heterocycles. The van der Waals surface area contributed by atoms with E-state index < -0.39 is 40.6 Å². The number of carbonyl (C=O) groups is 1. The molecule has 3 rings (SSSR count). The molecule has 3 aromatic rings. The van der Waals surface area contributed by atoms with Crippen LogP contribution in [-0.4, -0.2) is 15.9 Å². The number of amides is 1. The number of para-hydroxylation sites is 2. The molecule has 0 unspecified atom stereocenters. The summed E-state index contributed by atoms with van der Waals surface area (Å²) in [5.74, 6) is -4.50. The molecule has 0 spiro atoms. The highest BCUT2D eigenvalue weighted by molar-refractivity contribution is 6.03. The number of hydrogen-bond donors (Lipinski definition) is 2. The van der Waals surface area contributed by atoms with Crippen molar-refractivity contribution < 1.29 is 22.4 Å². The van der Waals surface area contributed by atoms with Crippen molar-refractivity contribution in [3.05, 3.63) is 77.3 Å². The van der Waals surface area contributed by atoms with Gasteiger partial charge < -0.3 is 10.6 Å². The van der Waals surface area contributed by atoms with Crippen LogP contribution in [0.5, 0.6) is 0 Å². The number of benzene rings is 2. The van der Waals surface area contributed by atoms with Crippen LogP contribution in [0.2, 0.25) is 0 Å². The molecule has 1 amide bonds. The number of nitrogens with zero attached hydrogens (tertiary/aromatic N) is 2. The summed E-state index contributed by atoms with van der Waals surface area (Å²) in [6, 6.07) is 7.52. The van der Waals surface area contributed by atoms with Crippen LogP contribution in [0.3, 0.4) is 0 Å². The minimum Gasteiger partial charge on any atom is -0.335 e. The Morgan fingerprint density at radius 1 is 0.852 bits per heavy atom. The fraction of sp³-hybridized carbons (Fsp3) is 0.0556. The fourth-order valence-electron chi connectivity index (χ4n) is 2.29. The third-order valence-electron chi connectivity index (χ3n) is 3.49. The number of halogens is 4. The van der Waals surface area contributed by atoms with Gasteiger partial charge in [-0.15, -0.1) is 0 Å². The van der Waals surface area contributed by atoms with Crippen LogP contribution in [0.4, 0.5) is 34.8 Å². The lowest BCUT2D eigenvalue weighted by molar-refractivity contribution is 0.102. The molecule has 0 bridgehead atoms. The maximum Gasteiger partial charge on any atom is 0.274 e. The van der Waals surface area contributed by atoms with Gasteiger partial charge in [0.2, 0.25) is 0 Å². The molecule has 5 nitrogen and oxygen atoms in total. The van der Waals surface area contributed by atoms with Gasteiger partial charge in [0.15, 0.2) is 0 Å². The molecule has 2 aromatic carbocycles. The van der Waals surface area contributed by atoms with E-state index in [1.165, 1.54) is 13.0 Å². The first-order valence-electron chi connectivity index (χ1n) is 7.67. The Bertz CT molecular complexity index is 986. The van der Waals surface area contributed by atoms with Crippen molar-refractivity contribution in [2.45, 2.75) is 6.92 Å². The van der Waals surface area contributed by atoms with Crippen molar-refractivity contribution in [3.63, 3.8) is 0 Å². The molecule has 0 aliphatic carbocycles. The first-order chi connectivity index (χ1) is 12.8. The minimum atomic E-state index is -0.957. The van der Waals surface area contributed by atoms with Crippen molar-refractivity contribution >= 4 is 23.1 Å². The van der Waals surface area contributed by atoms with Crippen LogP contribution >= 0.6 is 0 Å². The average Bonchev–Trinajstić information content (AvgIpc) is 2.61. The van der Waals surface area contributed by atoms with E-state index in [9.17, 15) is 22.4 Å². The molecule has 0 saturated carbocycles. The van der Waals surface area contributed by atoms with Crippen LogP contribution in [0, 0.1) is 30.2 Å². The molecule has 2 N–H and O–H groups in total. The van der Waals surface area contributed by atoms with Crippen molar-refractivity contribution in [1.82, 2.24) is 9.97 Å². The van der Waals surface area contributed by atoms with Gasteiger partial charge in [-0.25, -0.2) is 27.5 Å². The number of rotatable bonds is 4. The van der Waals surface area contributed by atoms with Crippen LogP contribution < -0.4 is 10.6 Å². The summed E-state index contributed by atoms with van der Waals surface area (Å²) >= 11 is 0. The maximum atomic E-state index is 13.8. The van der Waals surface area contributed by atoms with Gasteiger partial charge >= 0.3 is 0 Å². The van der Waals surface area contributed by atoms with Gasteiger partial charge in [0, 0.05) is 6.07 Å². The molecular formula is C18H12F4N4O. The van der Waals surface area contributed by atoms with E-state index in [-0.39, 0.29) is 17.3 Å². The van der Waals surface area contributed by atoms with Crippen molar-refractivity contribution in [2.75, 3.05) is 10.6 Å². The zero-order chi connectivity index (χ0) is 19.6. The van der Waals surface area contributed by atoms with E-state index in [1.54, 1.807) is 0 Å². The van der Waals surface area contributed by atoms with Gasteiger partial charge in [-0.3, -0.25) is 4.79 Å². The van der Waals surface area contributed by atoms with Crippen molar-refractivity contribution in [3.8, 4) is 0 Å². The van der Waals surface area contributed by atoms with Crippen LogP contribution in [0.15, 0.2) is 42.5 Å². The standard InChI is InChI=1S/C18H12F4N4O/c1-9-23-14(18(27)26-17-12(21)6-3-7-13(17)22)8-15(24-9)25-16-10(19)4-2-5-11(16)20/h2-8H,1H3,(H,26,27)(H,23,24,25). The van der Waals surface area contributed by atoms with Crippen molar-refractivity contribution in [2.24, 2.45) is 0 Å². The van der Waals surface area contributed by atoms with Crippen LogP contribution in [0.1, 0.15) is 16.3 Å². The highest BCUT2D eigenvalue weighted by atomic mass is 19.1. The summed E-state index contributed by atoms with van der Waals surface area (Å²) in [7, 11) is 0. The number of hydrogen-bond acceptors (Lipinski definition) is 4. The van der Waals surface area contributed by atoms with Crippen LogP contribution in [0.25, 0.3) is 0 Å². The molecule has 1 heterocycles. The molecular weight excluding hydrogens is 364 g/mol. The Hall–Kier alpha value is -3.49. The quantitative estimate of drug-likeness (QED) is 0.665. The monoisotopic (exact) mass is 376 g/mol. The second-order valence-electron chi connectivity index (χ2n) is 5.46. The zero-order valence-corrected chi connectivity index (χ0v) is 13.9. The van der Waals surface area contributed by atoms with Gasteiger partial charge in [0.1, 0.15) is 52.0 Å². The maximum absolute atomic E-state index is 13.8. The summed E-state index contributed by atoms with van der Waals surface area (Å²) in [5.41, 5.74) is -1.33. The van der Waals surface area contributed by atoms with Gasteiger partial charge in [-0.05, 0) is 31.2 Å². The first-order valence-corrected chi connectivity index (χ1v) is 7.67. The Labute approximate surface area is 151 Å². The molecule has 0 aliphatic rings. The molecule has 0 saturated heterocycles. The lowest BCUT2D eigenvalue weighted by Crippen LogP contribution is -2.17. The van der Waals surface area contributed by atoms with E-state index in [1.807, 2.05) is 0 Å². The summed E-state index contributed by atoms with van der Waals surface area (Å²) < 4.78 is 54.9. The minimum absolute atomic E-state index is 0.0642. The van der Waals surface area contributed by atoms with Gasteiger partial charge in [0.25, 0.3) is 5.91 Å². The largest absolute Gasteiger partial charge is 0.335 e. The van der Waals surface area contributed by atoms with Gasteiger partial charge in [-0.2, -0.15) is 0 Å². The summed E-state index contributed by atoms with van der Waals surface area (Å²) in [6.07, 6.45) is 0. The van der Waals surface area contributed by atoms with Crippen LogP contribution in [-0.2, 0) is 0 Å². The molecule has 1 aromatic heterocycles. The zero-order valence-electron chi connectivity index (χ0n) is 13.9. The van der Waals surface area contributed by atoms with E-state index in [4.69, 9.17) is 0 Å². The van der Waals surface area contributed by atoms with Gasteiger partial charge in [-0.1, -0.05) is 12.1 Å². The first kappa shape index (κ1) is 18.3. The Kier molecular flexibility index (Phi) is 5.02. The second kappa shape index (κ2) is 7.40. The lowest BCUT2D eigenvalue weighted by Gasteiger charge is -2.11. The predicted octanol–water partition coefficient (Wildman–Crippen LogP) is 4.34. The lowest BCUT2D eigenvalue weighted by atomic mass is 10.2. The van der Waals surface area contributed by atoms with E-state index in [0.29, 0.717) is 0 Å². The predicted molar refractivity (Wildman–Crippen MR) is 90.7 cm³/mol. The number of anilines is 3. The second-order valence-corrected chi connectivity index (χ2v) is 5.46. The van der Waals surface area contributed by atoms with E-state index in [2.05, 4.69) is 20.6 Å². The molecule has 0 atom stereocenters. The number of nitrogens with one attached hydrogen (secondary N) is 2. The smallest absolute Gasteiger partial charge is 0.274 e. The molecule has 0 radical (unpaired) electrons. The van der Waals surface area contributed by atoms with E-state index in [0.717, 1.165) is 36.4 Å². The third-order valence-corrected chi connectivity index (χ3v) is 3.49. The summed E-state index contributed by atoms with van der Waals surface area (Å²) in [5, 5.41) is 4.51. The Balaban J connectivity index is 1.90. The molecule has 27 heavy (non-hydrogen) atoms. The third kappa shape index (κ3) is 4.02. The Morgan fingerprint density at radius 2 is 1.37 bits per heavy atom. The number of carbonyl (C=O) groups excluding carboxylic acids is 1. The molecule has 9 heteroatoms. The van der Waals surface area contributed by atoms with Gasteiger partial charge in [0.05, 0.1) is 0 Å². The highest BCUT2D eigenvalue weighted by Crippen LogP contribution is 2.23.